The van der Waals surface area contributed by atoms with E-state index in [1.807, 2.05) is 24.3 Å². The van der Waals surface area contributed by atoms with E-state index in [0.29, 0.717) is 11.3 Å². The third kappa shape index (κ3) is 2.88. The molecule has 0 aliphatic carbocycles. The molecule has 4 rings (SSSR count). The third-order valence-corrected chi connectivity index (χ3v) is 5.03. The van der Waals surface area contributed by atoms with Crippen LogP contribution in [-0.2, 0) is 29.0 Å². The quantitative estimate of drug-likeness (QED) is 0.716. The molecule has 1 amide bonds. The number of H-pyrrole nitrogens is 1. The smallest absolute Gasteiger partial charge is 0.326 e. The van der Waals surface area contributed by atoms with Gasteiger partial charge in [0.1, 0.15) is 6.04 Å². The molecule has 0 spiro atoms. The number of benzene rings is 1. The molecule has 1 aromatic carbocycles. The van der Waals surface area contributed by atoms with Gasteiger partial charge in [0.25, 0.3) is 5.56 Å². The molecule has 0 saturated heterocycles. The number of nitrogens with zero attached hydrogens (tertiary/aromatic N) is 3. The van der Waals surface area contributed by atoms with Crippen LogP contribution in [-0.4, -0.2) is 42.5 Å². The molecule has 3 aromatic rings. The Balaban J connectivity index is 1.68. The predicted octanol–water partition coefficient (Wildman–Crippen LogP) is 0.912. The summed E-state index contributed by atoms with van der Waals surface area (Å²) in [4.78, 5) is 43.0. The van der Waals surface area contributed by atoms with Gasteiger partial charge >= 0.3 is 5.97 Å². The molecular formula is C19H18N4O4. The fraction of sp³-hybridized carbons (Fsp3) is 0.263. The Kier molecular flexibility index (Phi) is 4.02. The summed E-state index contributed by atoms with van der Waals surface area (Å²) in [7, 11) is 0. The molecule has 3 heterocycles. The number of fused-ring (bicyclic) bond motifs is 2. The summed E-state index contributed by atoms with van der Waals surface area (Å²) in [6.07, 6.45) is 1.66. The number of carboxylic acids is 1. The van der Waals surface area contributed by atoms with Crippen LogP contribution in [0.5, 0.6) is 0 Å². The summed E-state index contributed by atoms with van der Waals surface area (Å²) in [5, 5.41) is 12.4. The molecule has 0 bridgehead atoms. The molecular weight excluding hydrogens is 348 g/mol. The Labute approximate surface area is 154 Å². The van der Waals surface area contributed by atoms with E-state index >= 15 is 0 Å². The lowest BCUT2D eigenvalue weighted by Gasteiger charge is -2.34. The Morgan fingerprint density at radius 1 is 1.26 bits per heavy atom. The number of rotatable bonds is 3. The SMILES string of the molecule is Cc1nc2cc[nH]n2c(=O)c1CC(=O)N1Cc2ccccc2C[C@@H]1C(=O)O. The van der Waals surface area contributed by atoms with Crippen molar-refractivity contribution in [3.05, 3.63) is 69.3 Å². The fourth-order valence-electron chi connectivity index (χ4n) is 3.57. The number of aromatic nitrogens is 3. The van der Waals surface area contributed by atoms with E-state index in [1.54, 1.807) is 19.2 Å². The number of aliphatic carboxylic acids is 1. The van der Waals surface area contributed by atoms with Gasteiger partial charge in [0.05, 0.1) is 6.42 Å². The number of hydrogen-bond donors (Lipinski definition) is 2. The predicted molar refractivity (Wildman–Crippen MR) is 96.4 cm³/mol. The summed E-state index contributed by atoms with van der Waals surface area (Å²) in [6, 6.07) is 8.21. The molecule has 8 nitrogen and oxygen atoms in total. The van der Waals surface area contributed by atoms with Crippen molar-refractivity contribution in [2.75, 3.05) is 0 Å². The fourth-order valence-corrected chi connectivity index (χ4v) is 3.57. The van der Waals surface area contributed by atoms with Gasteiger partial charge in [0.15, 0.2) is 5.65 Å². The van der Waals surface area contributed by atoms with Gasteiger partial charge in [-0.25, -0.2) is 14.3 Å². The largest absolute Gasteiger partial charge is 0.480 e. The van der Waals surface area contributed by atoms with Crippen molar-refractivity contribution in [3.8, 4) is 0 Å². The molecule has 0 unspecified atom stereocenters. The van der Waals surface area contributed by atoms with Gasteiger partial charge in [-0.2, -0.15) is 0 Å². The zero-order valence-corrected chi connectivity index (χ0v) is 14.7. The highest BCUT2D eigenvalue weighted by atomic mass is 16.4. The van der Waals surface area contributed by atoms with Crippen LogP contribution in [0.1, 0.15) is 22.4 Å². The summed E-state index contributed by atoms with van der Waals surface area (Å²) >= 11 is 0. The first-order valence-electron chi connectivity index (χ1n) is 8.60. The molecule has 2 N–H and O–H groups in total. The molecule has 1 aliphatic heterocycles. The molecule has 2 aromatic heterocycles. The summed E-state index contributed by atoms with van der Waals surface area (Å²) < 4.78 is 1.27. The van der Waals surface area contributed by atoms with E-state index in [0.717, 1.165) is 11.1 Å². The summed E-state index contributed by atoms with van der Waals surface area (Å²) in [6.45, 7) is 1.89. The Hall–Kier alpha value is -3.42. The monoisotopic (exact) mass is 366 g/mol. The number of carbonyl (C=O) groups excluding carboxylic acids is 1. The van der Waals surface area contributed by atoms with Crippen molar-refractivity contribution in [2.45, 2.75) is 32.4 Å². The summed E-state index contributed by atoms with van der Waals surface area (Å²) in [5.41, 5.74) is 2.72. The maximum Gasteiger partial charge on any atom is 0.326 e. The minimum Gasteiger partial charge on any atom is -0.480 e. The number of aromatic amines is 1. The number of nitrogens with one attached hydrogen (secondary N) is 1. The second kappa shape index (κ2) is 6.39. The van der Waals surface area contributed by atoms with Crippen LogP contribution in [0.2, 0.25) is 0 Å². The van der Waals surface area contributed by atoms with Gasteiger partial charge in [-0.3, -0.25) is 14.7 Å². The second-order valence-corrected chi connectivity index (χ2v) is 6.66. The van der Waals surface area contributed by atoms with E-state index in [-0.39, 0.29) is 30.5 Å². The van der Waals surface area contributed by atoms with Crippen LogP contribution in [0, 0.1) is 6.92 Å². The molecule has 1 aliphatic rings. The molecule has 0 saturated carbocycles. The number of hydrogen-bond acceptors (Lipinski definition) is 4. The van der Waals surface area contributed by atoms with E-state index in [4.69, 9.17) is 0 Å². The lowest BCUT2D eigenvalue weighted by Crippen LogP contribution is -2.49. The van der Waals surface area contributed by atoms with Gasteiger partial charge < -0.3 is 10.0 Å². The zero-order valence-electron chi connectivity index (χ0n) is 14.7. The first kappa shape index (κ1) is 17.0. The highest BCUT2D eigenvalue weighted by Gasteiger charge is 2.34. The Bertz CT molecular complexity index is 1110. The maximum absolute atomic E-state index is 12.9. The van der Waals surface area contributed by atoms with Crippen molar-refractivity contribution in [1.82, 2.24) is 19.5 Å². The maximum atomic E-state index is 12.9. The van der Waals surface area contributed by atoms with Gasteiger partial charge in [-0.15, -0.1) is 0 Å². The third-order valence-electron chi connectivity index (χ3n) is 5.03. The number of amides is 1. The van der Waals surface area contributed by atoms with Crippen LogP contribution < -0.4 is 5.56 Å². The Morgan fingerprint density at radius 2 is 2.00 bits per heavy atom. The molecule has 0 radical (unpaired) electrons. The van der Waals surface area contributed by atoms with Crippen molar-refractivity contribution in [3.63, 3.8) is 0 Å². The van der Waals surface area contributed by atoms with Gasteiger partial charge in [-0.1, -0.05) is 24.3 Å². The molecule has 0 fully saturated rings. The average molecular weight is 366 g/mol. The minimum absolute atomic E-state index is 0.189. The lowest BCUT2D eigenvalue weighted by molar-refractivity contribution is -0.151. The van der Waals surface area contributed by atoms with Crippen LogP contribution in [0.3, 0.4) is 0 Å². The molecule has 1 atom stereocenters. The number of aryl methyl sites for hydroxylation is 1. The van der Waals surface area contributed by atoms with E-state index in [2.05, 4.69) is 10.1 Å². The van der Waals surface area contributed by atoms with Crippen LogP contribution in [0.4, 0.5) is 0 Å². The Morgan fingerprint density at radius 3 is 2.74 bits per heavy atom. The first-order valence-corrected chi connectivity index (χ1v) is 8.60. The van der Waals surface area contributed by atoms with Crippen LogP contribution >= 0.6 is 0 Å². The summed E-state index contributed by atoms with van der Waals surface area (Å²) in [5.74, 6) is -1.45. The number of carbonyl (C=O) groups is 2. The van der Waals surface area contributed by atoms with Gasteiger partial charge in [0, 0.05) is 36.5 Å². The van der Waals surface area contributed by atoms with Crippen molar-refractivity contribution < 1.29 is 14.7 Å². The molecule has 27 heavy (non-hydrogen) atoms. The average Bonchev–Trinajstić information content (AvgIpc) is 3.12. The molecule has 8 heteroatoms. The highest BCUT2D eigenvalue weighted by Crippen LogP contribution is 2.24. The van der Waals surface area contributed by atoms with Gasteiger partial charge in [0.2, 0.25) is 5.91 Å². The number of carboxylic acid groups (broad SMARTS) is 1. The van der Waals surface area contributed by atoms with Crippen molar-refractivity contribution >= 4 is 17.5 Å². The van der Waals surface area contributed by atoms with E-state index in [1.165, 1.54) is 9.42 Å². The topological polar surface area (TPSA) is 108 Å². The van der Waals surface area contributed by atoms with Crippen LogP contribution in [0.15, 0.2) is 41.3 Å². The second-order valence-electron chi connectivity index (χ2n) is 6.66. The first-order chi connectivity index (χ1) is 13.0. The normalized spacial score (nSPS) is 16.3. The van der Waals surface area contributed by atoms with Crippen LogP contribution in [0.25, 0.3) is 5.65 Å². The zero-order chi connectivity index (χ0) is 19.1. The van der Waals surface area contributed by atoms with Crippen molar-refractivity contribution in [1.29, 1.82) is 0 Å². The highest BCUT2D eigenvalue weighted by molar-refractivity contribution is 5.86. The van der Waals surface area contributed by atoms with Crippen molar-refractivity contribution in [2.24, 2.45) is 0 Å². The van der Waals surface area contributed by atoms with E-state index in [9.17, 15) is 19.5 Å². The minimum atomic E-state index is -1.05. The standard InChI is InChI=1S/C19H18N4O4/c1-11-14(18(25)23-16(21-11)6-7-20-23)9-17(24)22-10-13-5-3-2-4-12(13)8-15(22)19(26)27/h2-7,15,20H,8-10H2,1H3,(H,26,27)/t15-/m1/s1. The van der Waals surface area contributed by atoms with E-state index < -0.39 is 17.9 Å². The molecule has 138 valence electrons. The van der Waals surface area contributed by atoms with Gasteiger partial charge in [-0.05, 0) is 18.1 Å². The lowest BCUT2D eigenvalue weighted by atomic mass is 9.93.